The van der Waals surface area contributed by atoms with E-state index in [9.17, 15) is 9.59 Å². The van der Waals surface area contributed by atoms with Crippen molar-refractivity contribution in [1.29, 1.82) is 0 Å². The van der Waals surface area contributed by atoms with Gasteiger partial charge in [0.25, 0.3) is 5.56 Å². The standard InChI is InChI=1S/C25H23N7O3/c1-3-11-32-23(33)20-22(31-13-10-26-25(31)32)29-21(28-20)19-15-27-30(16-19)12-6-8-17-7-5-9-18(14-17)24(34)35-4-2/h5,7,9-10,13-16H,3-4,11-12H2,1-2H3,(H,28,29). The molecule has 176 valence electrons. The molecular formula is C25H23N7O3. The number of benzene rings is 1. The highest BCUT2D eigenvalue weighted by atomic mass is 16.5. The number of carbonyl (C=O) groups is 1. The van der Waals surface area contributed by atoms with Crippen LogP contribution in [-0.4, -0.2) is 46.3 Å². The molecule has 0 saturated carbocycles. The van der Waals surface area contributed by atoms with Gasteiger partial charge in [-0.05, 0) is 31.5 Å². The van der Waals surface area contributed by atoms with Crippen molar-refractivity contribution in [2.75, 3.05) is 6.61 Å². The minimum atomic E-state index is -0.367. The van der Waals surface area contributed by atoms with Crippen molar-refractivity contribution in [1.82, 2.24) is 33.7 Å². The van der Waals surface area contributed by atoms with Gasteiger partial charge in [0.05, 0.1) is 23.9 Å². The fourth-order valence-electron chi connectivity index (χ4n) is 3.87. The molecule has 10 heteroatoms. The molecule has 35 heavy (non-hydrogen) atoms. The summed E-state index contributed by atoms with van der Waals surface area (Å²) in [4.78, 5) is 37.1. The molecule has 10 nitrogen and oxygen atoms in total. The van der Waals surface area contributed by atoms with E-state index in [0.29, 0.717) is 53.6 Å². The van der Waals surface area contributed by atoms with Crippen molar-refractivity contribution in [3.63, 3.8) is 0 Å². The quantitative estimate of drug-likeness (QED) is 0.302. The van der Waals surface area contributed by atoms with Gasteiger partial charge >= 0.3 is 5.97 Å². The molecule has 0 aliphatic rings. The zero-order valence-corrected chi connectivity index (χ0v) is 19.4. The van der Waals surface area contributed by atoms with Gasteiger partial charge < -0.3 is 9.72 Å². The summed E-state index contributed by atoms with van der Waals surface area (Å²) in [6.45, 7) is 5.03. The van der Waals surface area contributed by atoms with E-state index >= 15 is 0 Å². The molecule has 0 atom stereocenters. The summed E-state index contributed by atoms with van der Waals surface area (Å²) in [5.74, 6) is 6.85. The average molecular weight is 470 g/mol. The molecule has 1 N–H and O–H groups in total. The Kier molecular flexibility index (Phi) is 5.89. The van der Waals surface area contributed by atoms with Crippen LogP contribution >= 0.6 is 0 Å². The largest absolute Gasteiger partial charge is 0.462 e. The molecular weight excluding hydrogens is 446 g/mol. The first-order chi connectivity index (χ1) is 17.1. The molecule has 0 bridgehead atoms. The zero-order chi connectivity index (χ0) is 24.4. The molecule has 0 aliphatic heterocycles. The normalized spacial score (nSPS) is 11.0. The number of imidazole rings is 2. The van der Waals surface area contributed by atoms with Gasteiger partial charge in [-0.3, -0.25) is 18.4 Å². The van der Waals surface area contributed by atoms with Crippen molar-refractivity contribution in [3.8, 4) is 23.2 Å². The first kappa shape index (κ1) is 22.2. The summed E-state index contributed by atoms with van der Waals surface area (Å²) in [6, 6.07) is 7.01. The number of ether oxygens (including phenoxy) is 1. The van der Waals surface area contributed by atoms with Crippen molar-refractivity contribution < 1.29 is 9.53 Å². The summed E-state index contributed by atoms with van der Waals surface area (Å²) in [7, 11) is 0. The molecule has 0 aliphatic carbocycles. The lowest BCUT2D eigenvalue weighted by atomic mass is 10.1. The highest BCUT2D eigenvalue weighted by Gasteiger charge is 2.17. The number of nitrogens with zero attached hydrogens (tertiary/aromatic N) is 6. The Morgan fingerprint density at radius 1 is 1.26 bits per heavy atom. The van der Waals surface area contributed by atoms with Crippen LogP contribution in [0.15, 0.2) is 53.8 Å². The van der Waals surface area contributed by atoms with E-state index in [1.807, 2.05) is 23.6 Å². The molecule has 0 saturated heterocycles. The van der Waals surface area contributed by atoms with E-state index in [2.05, 4.69) is 31.9 Å². The number of carbonyl (C=O) groups excluding carboxylic acids is 1. The van der Waals surface area contributed by atoms with E-state index in [-0.39, 0.29) is 11.5 Å². The van der Waals surface area contributed by atoms with Crippen LogP contribution in [0.25, 0.3) is 28.3 Å². The zero-order valence-electron chi connectivity index (χ0n) is 19.4. The summed E-state index contributed by atoms with van der Waals surface area (Å²) >= 11 is 0. The van der Waals surface area contributed by atoms with Gasteiger partial charge in [-0.1, -0.05) is 24.8 Å². The van der Waals surface area contributed by atoms with Gasteiger partial charge in [0.1, 0.15) is 12.4 Å². The summed E-state index contributed by atoms with van der Waals surface area (Å²) in [6.07, 6.45) is 7.76. The second-order valence-electron chi connectivity index (χ2n) is 7.87. The van der Waals surface area contributed by atoms with E-state index in [1.54, 1.807) is 53.0 Å². The topological polar surface area (TPSA) is 112 Å². The van der Waals surface area contributed by atoms with Crippen LogP contribution in [0.3, 0.4) is 0 Å². The number of fused-ring (bicyclic) bond motifs is 3. The van der Waals surface area contributed by atoms with Gasteiger partial charge in [-0.15, -0.1) is 0 Å². The van der Waals surface area contributed by atoms with E-state index in [0.717, 1.165) is 12.0 Å². The van der Waals surface area contributed by atoms with Crippen LogP contribution in [0, 0.1) is 11.8 Å². The number of esters is 1. The van der Waals surface area contributed by atoms with Crippen LogP contribution < -0.4 is 5.56 Å². The lowest BCUT2D eigenvalue weighted by molar-refractivity contribution is 0.0526. The first-order valence-corrected chi connectivity index (χ1v) is 11.3. The molecule has 4 aromatic heterocycles. The third-order valence-electron chi connectivity index (χ3n) is 5.44. The Morgan fingerprint density at radius 2 is 2.14 bits per heavy atom. The molecule has 5 rings (SSSR count). The maximum atomic E-state index is 13.0. The minimum Gasteiger partial charge on any atom is -0.462 e. The maximum absolute atomic E-state index is 13.0. The summed E-state index contributed by atoms with van der Waals surface area (Å²) in [5.41, 5.74) is 2.72. The van der Waals surface area contributed by atoms with Crippen molar-refractivity contribution in [3.05, 3.63) is 70.5 Å². The summed E-state index contributed by atoms with van der Waals surface area (Å²) < 4.78 is 10.2. The number of aryl methyl sites for hydroxylation is 1. The smallest absolute Gasteiger partial charge is 0.338 e. The second-order valence-corrected chi connectivity index (χ2v) is 7.87. The SMILES string of the molecule is CCCn1c(=O)c2[nH]c(-c3cnn(CC#Cc4cccc(C(=O)OCC)c4)c3)nc2n2ccnc12. The van der Waals surface area contributed by atoms with Crippen molar-refractivity contribution in [2.45, 2.75) is 33.4 Å². The Labute approximate surface area is 200 Å². The predicted octanol–water partition coefficient (Wildman–Crippen LogP) is 2.87. The van der Waals surface area contributed by atoms with Gasteiger partial charge in [0.15, 0.2) is 11.2 Å². The number of hydrogen-bond acceptors (Lipinski definition) is 6. The molecule has 1 aromatic carbocycles. The van der Waals surface area contributed by atoms with Crippen LogP contribution in [0.4, 0.5) is 0 Å². The van der Waals surface area contributed by atoms with Crippen LogP contribution in [0.2, 0.25) is 0 Å². The summed E-state index contributed by atoms with van der Waals surface area (Å²) in [5, 5.41) is 4.36. The van der Waals surface area contributed by atoms with E-state index in [4.69, 9.17) is 4.74 Å². The number of nitrogens with one attached hydrogen (secondary N) is 1. The molecule has 0 unspecified atom stereocenters. The third kappa shape index (κ3) is 4.19. The van der Waals surface area contributed by atoms with Crippen molar-refractivity contribution >= 4 is 22.9 Å². The number of hydrogen-bond donors (Lipinski definition) is 1. The Morgan fingerprint density at radius 3 is 2.97 bits per heavy atom. The molecule has 0 amide bonds. The van der Waals surface area contributed by atoms with E-state index in [1.165, 1.54) is 0 Å². The second kappa shape index (κ2) is 9.30. The van der Waals surface area contributed by atoms with Crippen LogP contribution in [-0.2, 0) is 17.8 Å². The minimum absolute atomic E-state index is 0.150. The lowest BCUT2D eigenvalue weighted by Gasteiger charge is -2.05. The van der Waals surface area contributed by atoms with Gasteiger partial charge in [0, 0.05) is 30.7 Å². The maximum Gasteiger partial charge on any atom is 0.338 e. The first-order valence-electron chi connectivity index (χ1n) is 11.3. The average Bonchev–Trinajstić information content (AvgIpc) is 3.61. The Hall–Kier alpha value is -4.65. The van der Waals surface area contributed by atoms with Crippen molar-refractivity contribution in [2.24, 2.45) is 0 Å². The van der Waals surface area contributed by atoms with E-state index < -0.39 is 0 Å². The van der Waals surface area contributed by atoms with Crippen LogP contribution in [0.5, 0.6) is 0 Å². The number of aromatic amines is 1. The molecule has 5 aromatic rings. The number of aromatic nitrogens is 7. The Balaban J connectivity index is 1.40. The lowest BCUT2D eigenvalue weighted by Crippen LogP contribution is -2.23. The number of rotatable bonds is 6. The highest BCUT2D eigenvalue weighted by Crippen LogP contribution is 2.19. The number of H-pyrrole nitrogens is 1. The van der Waals surface area contributed by atoms with Crippen LogP contribution in [0.1, 0.15) is 36.2 Å². The third-order valence-corrected chi connectivity index (χ3v) is 5.44. The monoisotopic (exact) mass is 469 g/mol. The molecule has 0 radical (unpaired) electrons. The Bertz CT molecular complexity index is 1660. The predicted molar refractivity (Wildman–Crippen MR) is 130 cm³/mol. The van der Waals surface area contributed by atoms with Gasteiger partial charge in [0.2, 0.25) is 5.78 Å². The molecule has 4 heterocycles. The fourth-order valence-corrected chi connectivity index (χ4v) is 3.87. The fraction of sp³-hybridized carbons (Fsp3) is 0.240. The highest BCUT2D eigenvalue weighted by molar-refractivity contribution is 5.89. The molecule has 0 fully saturated rings. The van der Waals surface area contributed by atoms with Gasteiger partial charge in [-0.2, -0.15) is 5.10 Å². The molecule has 0 spiro atoms. The van der Waals surface area contributed by atoms with Gasteiger partial charge in [-0.25, -0.2) is 14.8 Å².